The predicted molar refractivity (Wildman–Crippen MR) is 93.5 cm³/mol. The SMILES string of the molecule is CCCC(=O)Nc1ccc(NCC(=O)NC2CCCCC2)cc1. The molecule has 0 bridgehead atoms. The van der Waals surface area contributed by atoms with Gasteiger partial charge in [-0.05, 0) is 43.5 Å². The number of anilines is 2. The van der Waals surface area contributed by atoms with E-state index in [4.69, 9.17) is 0 Å². The third-order valence-electron chi connectivity index (χ3n) is 4.07. The Hall–Kier alpha value is -2.04. The van der Waals surface area contributed by atoms with Crippen molar-refractivity contribution in [1.29, 1.82) is 0 Å². The molecule has 2 rings (SSSR count). The largest absolute Gasteiger partial charge is 0.376 e. The zero-order valence-electron chi connectivity index (χ0n) is 13.9. The normalized spacial score (nSPS) is 15.0. The molecule has 126 valence electrons. The number of hydrogen-bond acceptors (Lipinski definition) is 3. The fourth-order valence-corrected chi connectivity index (χ4v) is 2.83. The Kier molecular flexibility index (Phi) is 6.91. The fourth-order valence-electron chi connectivity index (χ4n) is 2.83. The van der Waals surface area contributed by atoms with Crippen molar-refractivity contribution in [2.75, 3.05) is 17.2 Å². The minimum absolute atomic E-state index is 0.0278. The summed E-state index contributed by atoms with van der Waals surface area (Å²) in [4.78, 5) is 23.5. The topological polar surface area (TPSA) is 70.2 Å². The Morgan fingerprint density at radius 3 is 2.30 bits per heavy atom. The molecule has 0 aromatic heterocycles. The van der Waals surface area contributed by atoms with Gasteiger partial charge in [0.15, 0.2) is 0 Å². The van der Waals surface area contributed by atoms with Crippen molar-refractivity contribution in [2.24, 2.45) is 0 Å². The van der Waals surface area contributed by atoms with E-state index in [0.717, 1.165) is 30.6 Å². The molecule has 1 aromatic carbocycles. The zero-order valence-corrected chi connectivity index (χ0v) is 13.9. The molecule has 23 heavy (non-hydrogen) atoms. The molecule has 0 radical (unpaired) electrons. The number of carbonyl (C=O) groups is 2. The van der Waals surface area contributed by atoms with Crippen LogP contribution in [-0.4, -0.2) is 24.4 Å². The second kappa shape index (κ2) is 9.18. The molecule has 1 fully saturated rings. The first-order chi connectivity index (χ1) is 11.2. The summed E-state index contributed by atoms with van der Waals surface area (Å²) in [7, 11) is 0. The summed E-state index contributed by atoms with van der Waals surface area (Å²) in [5, 5.41) is 9.04. The van der Waals surface area contributed by atoms with Gasteiger partial charge < -0.3 is 16.0 Å². The van der Waals surface area contributed by atoms with Gasteiger partial charge in [-0.25, -0.2) is 0 Å². The molecule has 0 saturated heterocycles. The lowest BCUT2D eigenvalue weighted by Gasteiger charge is -2.22. The van der Waals surface area contributed by atoms with E-state index in [2.05, 4.69) is 16.0 Å². The molecule has 0 atom stereocenters. The van der Waals surface area contributed by atoms with E-state index in [-0.39, 0.29) is 18.4 Å². The quantitative estimate of drug-likeness (QED) is 0.723. The highest BCUT2D eigenvalue weighted by Crippen LogP contribution is 2.17. The molecule has 5 heteroatoms. The van der Waals surface area contributed by atoms with Gasteiger partial charge in [0.25, 0.3) is 0 Å². The number of nitrogens with one attached hydrogen (secondary N) is 3. The standard InChI is InChI=1S/C18H27N3O2/c1-2-6-17(22)20-16-11-9-14(10-12-16)19-13-18(23)21-15-7-4-3-5-8-15/h9-12,15,19H,2-8,13H2,1H3,(H,20,22)(H,21,23). The van der Waals surface area contributed by atoms with E-state index in [9.17, 15) is 9.59 Å². The molecule has 0 aliphatic heterocycles. The summed E-state index contributed by atoms with van der Waals surface area (Å²) in [6.45, 7) is 2.25. The molecule has 1 aliphatic rings. The van der Waals surface area contributed by atoms with Crippen LogP contribution in [0.4, 0.5) is 11.4 Å². The van der Waals surface area contributed by atoms with Gasteiger partial charge in [0.05, 0.1) is 6.54 Å². The molecular formula is C18H27N3O2. The second-order valence-electron chi connectivity index (χ2n) is 6.13. The predicted octanol–water partition coefficient (Wildman–Crippen LogP) is 3.29. The average molecular weight is 317 g/mol. The Labute approximate surface area is 138 Å². The van der Waals surface area contributed by atoms with Crippen LogP contribution in [0.15, 0.2) is 24.3 Å². The van der Waals surface area contributed by atoms with Gasteiger partial charge >= 0.3 is 0 Å². The van der Waals surface area contributed by atoms with Crippen molar-refractivity contribution in [1.82, 2.24) is 5.32 Å². The molecule has 2 amide bonds. The highest BCUT2D eigenvalue weighted by molar-refractivity contribution is 5.90. The van der Waals surface area contributed by atoms with Gasteiger partial charge in [-0.1, -0.05) is 26.2 Å². The third-order valence-corrected chi connectivity index (χ3v) is 4.07. The van der Waals surface area contributed by atoms with Crippen LogP contribution in [0.2, 0.25) is 0 Å². The maximum absolute atomic E-state index is 11.9. The molecule has 5 nitrogen and oxygen atoms in total. The van der Waals surface area contributed by atoms with Gasteiger partial charge in [-0.2, -0.15) is 0 Å². The summed E-state index contributed by atoms with van der Waals surface area (Å²) in [5.41, 5.74) is 1.65. The summed E-state index contributed by atoms with van der Waals surface area (Å²) in [6.07, 6.45) is 7.26. The van der Waals surface area contributed by atoms with Gasteiger partial charge in [0.1, 0.15) is 0 Å². The van der Waals surface area contributed by atoms with Crippen LogP contribution in [0.5, 0.6) is 0 Å². The summed E-state index contributed by atoms with van der Waals surface area (Å²) in [6, 6.07) is 7.77. The van der Waals surface area contributed by atoms with Gasteiger partial charge in [0.2, 0.25) is 11.8 Å². The van der Waals surface area contributed by atoms with Crippen LogP contribution in [0, 0.1) is 0 Å². The lowest BCUT2D eigenvalue weighted by molar-refractivity contribution is -0.120. The number of hydrogen-bond donors (Lipinski definition) is 3. The zero-order chi connectivity index (χ0) is 16.5. The monoisotopic (exact) mass is 317 g/mol. The summed E-state index contributed by atoms with van der Waals surface area (Å²) in [5.74, 6) is 0.0669. The Balaban J connectivity index is 1.72. The Bertz CT molecular complexity index is 508. The molecule has 0 spiro atoms. The van der Waals surface area contributed by atoms with E-state index in [0.29, 0.717) is 12.5 Å². The number of carbonyl (C=O) groups excluding carboxylic acids is 2. The van der Waals surface area contributed by atoms with E-state index in [1.54, 1.807) is 0 Å². The smallest absolute Gasteiger partial charge is 0.239 e. The number of benzene rings is 1. The summed E-state index contributed by atoms with van der Waals surface area (Å²) < 4.78 is 0. The van der Waals surface area contributed by atoms with Gasteiger partial charge in [0, 0.05) is 23.8 Å². The lowest BCUT2D eigenvalue weighted by Crippen LogP contribution is -2.39. The molecule has 1 aliphatic carbocycles. The summed E-state index contributed by atoms with van der Waals surface area (Å²) >= 11 is 0. The first kappa shape index (κ1) is 17.3. The Morgan fingerprint density at radius 1 is 1.00 bits per heavy atom. The van der Waals surface area contributed by atoms with Crippen LogP contribution in [-0.2, 0) is 9.59 Å². The molecule has 3 N–H and O–H groups in total. The number of amides is 2. The minimum atomic E-state index is 0.0278. The van der Waals surface area contributed by atoms with Gasteiger partial charge in [-0.15, -0.1) is 0 Å². The lowest BCUT2D eigenvalue weighted by atomic mass is 9.95. The minimum Gasteiger partial charge on any atom is -0.376 e. The van der Waals surface area contributed by atoms with Crippen LogP contribution in [0.1, 0.15) is 51.9 Å². The van der Waals surface area contributed by atoms with Crippen LogP contribution >= 0.6 is 0 Å². The average Bonchev–Trinajstić information content (AvgIpc) is 2.55. The van der Waals surface area contributed by atoms with Crippen molar-refractivity contribution < 1.29 is 9.59 Å². The highest BCUT2D eigenvalue weighted by Gasteiger charge is 2.15. The van der Waals surface area contributed by atoms with E-state index in [1.165, 1.54) is 19.3 Å². The van der Waals surface area contributed by atoms with E-state index in [1.807, 2.05) is 31.2 Å². The first-order valence-electron chi connectivity index (χ1n) is 8.60. The molecule has 1 saturated carbocycles. The van der Waals surface area contributed by atoms with E-state index >= 15 is 0 Å². The molecule has 0 heterocycles. The van der Waals surface area contributed by atoms with Crippen LogP contribution < -0.4 is 16.0 Å². The van der Waals surface area contributed by atoms with Crippen LogP contribution in [0.3, 0.4) is 0 Å². The van der Waals surface area contributed by atoms with Crippen molar-refractivity contribution in [2.45, 2.75) is 57.9 Å². The van der Waals surface area contributed by atoms with Crippen LogP contribution in [0.25, 0.3) is 0 Å². The second-order valence-corrected chi connectivity index (χ2v) is 6.13. The molecule has 1 aromatic rings. The molecular weight excluding hydrogens is 290 g/mol. The van der Waals surface area contributed by atoms with Crippen molar-refractivity contribution in [3.63, 3.8) is 0 Å². The Morgan fingerprint density at radius 2 is 1.65 bits per heavy atom. The van der Waals surface area contributed by atoms with Crippen molar-refractivity contribution >= 4 is 23.2 Å². The first-order valence-corrected chi connectivity index (χ1v) is 8.60. The number of rotatable bonds is 7. The maximum Gasteiger partial charge on any atom is 0.239 e. The van der Waals surface area contributed by atoms with E-state index < -0.39 is 0 Å². The molecule has 0 unspecified atom stereocenters. The highest BCUT2D eigenvalue weighted by atomic mass is 16.2. The van der Waals surface area contributed by atoms with Crippen molar-refractivity contribution in [3.05, 3.63) is 24.3 Å². The maximum atomic E-state index is 11.9. The third kappa shape index (κ3) is 6.30. The van der Waals surface area contributed by atoms with Gasteiger partial charge in [-0.3, -0.25) is 9.59 Å². The fraction of sp³-hybridized carbons (Fsp3) is 0.556. The van der Waals surface area contributed by atoms with Crippen molar-refractivity contribution in [3.8, 4) is 0 Å².